The number of nitrogen functional groups attached to an aromatic ring is 1. The SMILES string of the molecule is CCC(C)CC(C)Nc1cc(NC)nc(N)n1. The van der Waals surface area contributed by atoms with Gasteiger partial charge in [-0.2, -0.15) is 9.97 Å². The van der Waals surface area contributed by atoms with Gasteiger partial charge in [-0.15, -0.1) is 0 Å². The molecule has 1 heterocycles. The van der Waals surface area contributed by atoms with Crippen LogP contribution in [0.25, 0.3) is 0 Å². The van der Waals surface area contributed by atoms with E-state index in [2.05, 4.69) is 41.4 Å². The number of anilines is 3. The molecule has 4 N–H and O–H groups in total. The van der Waals surface area contributed by atoms with Gasteiger partial charge >= 0.3 is 0 Å². The molecule has 96 valence electrons. The maximum Gasteiger partial charge on any atom is 0.223 e. The third-order valence-electron chi connectivity index (χ3n) is 2.85. The first kappa shape index (κ1) is 13.5. The number of hydrogen-bond acceptors (Lipinski definition) is 5. The summed E-state index contributed by atoms with van der Waals surface area (Å²) in [5, 5.41) is 6.31. The van der Waals surface area contributed by atoms with E-state index in [4.69, 9.17) is 5.73 Å². The molecule has 1 aromatic heterocycles. The second-order valence-electron chi connectivity index (χ2n) is 4.54. The van der Waals surface area contributed by atoms with Crippen LogP contribution < -0.4 is 16.4 Å². The molecule has 2 unspecified atom stereocenters. The Balaban J connectivity index is 2.64. The number of nitrogens with one attached hydrogen (secondary N) is 2. The number of hydrogen-bond donors (Lipinski definition) is 3. The minimum absolute atomic E-state index is 0.287. The molecule has 0 amide bonds. The highest BCUT2D eigenvalue weighted by Crippen LogP contribution is 2.16. The number of nitrogens with zero attached hydrogens (tertiary/aromatic N) is 2. The lowest BCUT2D eigenvalue weighted by atomic mass is 10.0. The van der Waals surface area contributed by atoms with Crippen LogP contribution in [0.3, 0.4) is 0 Å². The van der Waals surface area contributed by atoms with Crippen molar-refractivity contribution in [1.82, 2.24) is 9.97 Å². The van der Waals surface area contributed by atoms with Crippen molar-refractivity contribution in [2.75, 3.05) is 23.4 Å². The Morgan fingerprint density at radius 2 is 1.94 bits per heavy atom. The summed E-state index contributed by atoms with van der Waals surface area (Å²) >= 11 is 0. The highest BCUT2D eigenvalue weighted by Gasteiger charge is 2.09. The largest absolute Gasteiger partial charge is 0.373 e. The molecule has 0 aromatic carbocycles. The zero-order chi connectivity index (χ0) is 12.8. The van der Waals surface area contributed by atoms with Crippen molar-refractivity contribution in [3.05, 3.63) is 6.07 Å². The van der Waals surface area contributed by atoms with Crippen LogP contribution >= 0.6 is 0 Å². The third-order valence-corrected chi connectivity index (χ3v) is 2.85. The van der Waals surface area contributed by atoms with Gasteiger partial charge in [0.15, 0.2) is 0 Å². The number of aromatic nitrogens is 2. The van der Waals surface area contributed by atoms with E-state index in [1.807, 2.05) is 13.1 Å². The smallest absolute Gasteiger partial charge is 0.223 e. The first-order valence-corrected chi connectivity index (χ1v) is 6.14. The highest BCUT2D eigenvalue weighted by atomic mass is 15.1. The lowest BCUT2D eigenvalue weighted by molar-refractivity contribution is 0.483. The van der Waals surface area contributed by atoms with Crippen LogP contribution in [0.4, 0.5) is 17.6 Å². The van der Waals surface area contributed by atoms with E-state index in [-0.39, 0.29) is 5.95 Å². The maximum atomic E-state index is 5.64. The maximum absolute atomic E-state index is 5.64. The van der Waals surface area contributed by atoms with Gasteiger partial charge in [0.1, 0.15) is 11.6 Å². The molecular weight excluding hydrogens is 214 g/mol. The van der Waals surface area contributed by atoms with E-state index in [1.165, 1.54) is 6.42 Å². The Hall–Kier alpha value is -1.52. The van der Waals surface area contributed by atoms with Gasteiger partial charge in [0.2, 0.25) is 5.95 Å². The third kappa shape index (κ3) is 4.46. The lowest BCUT2D eigenvalue weighted by Gasteiger charge is -2.18. The van der Waals surface area contributed by atoms with E-state index >= 15 is 0 Å². The molecule has 0 fully saturated rings. The van der Waals surface area contributed by atoms with E-state index in [9.17, 15) is 0 Å². The standard InChI is InChI=1S/C12H23N5/c1-5-8(2)6-9(3)15-11-7-10(14-4)16-12(13)17-11/h7-9H,5-6H2,1-4H3,(H4,13,14,15,16,17). The number of rotatable bonds is 6. The van der Waals surface area contributed by atoms with Gasteiger partial charge in [-0.1, -0.05) is 20.3 Å². The minimum atomic E-state index is 0.287. The Morgan fingerprint density at radius 3 is 2.53 bits per heavy atom. The Kier molecular flexibility index (Phi) is 5.00. The average molecular weight is 237 g/mol. The van der Waals surface area contributed by atoms with Crippen molar-refractivity contribution in [3.8, 4) is 0 Å². The Morgan fingerprint density at radius 1 is 1.29 bits per heavy atom. The molecule has 0 aliphatic rings. The minimum Gasteiger partial charge on any atom is -0.373 e. The van der Waals surface area contributed by atoms with Crippen LogP contribution in [-0.2, 0) is 0 Å². The second-order valence-corrected chi connectivity index (χ2v) is 4.54. The normalized spacial score (nSPS) is 14.1. The van der Waals surface area contributed by atoms with Crippen LogP contribution in [0, 0.1) is 5.92 Å². The molecule has 0 saturated heterocycles. The zero-order valence-electron chi connectivity index (χ0n) is 11.1. The summed E-state index contributed by atoms with van der Waals surface area (Å²) in [5.41, 5.74) is 5.64. The first-order valence-electron chi connectivity index (χ1n) is 6.14. The van der Waals surface area contributed by atoms with E-state index in [1.54, 1.807) is 0 Å². The van der Waals surface area contributed by atoms with Crippen LogP contribution in [0.15, 0.2) is 6.07 Å². The molecular formula is C12H23N5. The fourth-order valence-electron chi connectivity index (χ4n) is 1.75. The fourth-order valence-corrected chi connectivity index (χ4v) is 1.75. The summed E-state index contributed by atoms with van der Waals surface area (Å²) in [6.45, 7) is 6.62. The summed E-state index contributed by atoms with van der Waals surface area (Å²) in [7, 11) is 1.81. The van der Waals surface area contributed by atoms with Crippen molar-refractivity contribution >= 4 is 17.6 Å². The summed E-state index contributed by atoms with van der Waals surface area (Å²) in [6, 6.07) is 2.24. The summed E-state index contributed by atoms with van der Waals surface area (Å²) in [6.07, 6.45) is 2.31. The molecule has 0 aliphatic carbocycles. The fraction of sp³-hybridized carbons (Fsp3) is 0.667. The van der Waals surface area contributed by atoms with Gasteiger partial charge in [-0.25, -0.2) is 0 Å². The van der Waals surface area contributed by atoms with Crippen molar-refractivity contribution in [3.63, 3.8) is 0 Å². The van der Waals surface area contributed by atoms with Crippen molar-refractivity contribution in [1.29, 1.82) is 0 Å². The topological polar surface area (TPSA) is 75.9 Å². The second kappa shape index (κ2) is 6.27. The van der Waals surface area contributed by atoms with Gasteiger partial charge < -0.3 is 16.4 Å². The molecule has 2 atom stereocenters. The molecule has 0 aliphatic heterocycles. The monoisotopic (exact) mass is 237 g/mol. The quantitative estimate of drug-likeness (QED) is 0.708. The van der Waals surface area contributed by atoms with Gasteiger partial charge in [-0.3, -0.25) is 0 Å². The van der Waals surface area contributed by atoms with Gasteiger partial charge in [0, 0.05) is 19.2 Å². The molecule has 0 radical (unpaired) electrons. The summed E-state index contributed by atoms with van der Waals surface area (Å²) < 4.78 is 0. The molecule has 5 nitrogen and oxygen atoms in total. The van der Waals surface area contributed by atoms with Crippen LogP contribution in [0.5, 0.6) is 0 Å². The predicted molar refractivity (Wildman–Crippen MR) is 73.1 cm³/mol. The van der Waals surface area contributed by atoms with E-state index in [0.29, 0.717) is 12.0 Å². The predicted octanol–water partition coefficient (Wildman–Crippen LogP) is 2.34. The molecule has 0 spiro atoms. The van der Waals surface area contributed by atoms with Crippen molar-refractivity contribution in [2.24, 2.45) is 5.92 Å². The molecule has 0 bridgehead atoms. The van der Waals surface area contributed by atoms with Crippen molar-refractivity contribution in [2.45, 2.75) is 39.7 Å². The first-order chi connectivity index (χ1) is 8.05. The van der Waals surface area contributed by atoms with Crippen LogP contribution in [0.2, 0.25) is 0 Å². The Bertz CT molecular complexity index is 353. The summed E-state index contributed by atoms with van der Waals surface area (Å²) in [5.74, 6) is 2.50. The van der Waals surface area contributed by atoms with Gasteiger partial charge in [0.25, 0.3) is 0 Å². The van der Waals surface area contributed by atoms with Crippen molar-refractivity contribution < 1.29 is 0 Å². The van der Waals surface area contributed by atoms with E-state index < -0.39 is 0 Å². The average Bonchev–Trinajstić information content (AvgIpc) is 2.27. The zero-order valence-corrected chi connectivity index (χ0v) is 11.1. The van der Waals surface area contributed by atoms with E-state index in [0.717, 1.165) is 18.1 Å². The van der Waals surface area contributed by atoms with Gasteiger partial charge in [0.05, 0.1) is 0 Å². The molecule has 17 heavy (non-hydrogen) atoms. The molecule has 5 heteroatoms. The molecule has 1 aromatic rings. The summed E-state index contributed by atoms with van der Waals surface area (Å²) in [4.78, 5) is 8.22. The van der Waals surface area contributed by atoms with Crippen LogP contribution in [-0.4, -0.2) is 23.1 Å². The highest BCUT2D eigenvalue weighted by molar-refractivity contribution is 5.50. The van der Waals surface area contributed by atoms with Crippen LogP contribution in [0.1, 0.15) is 33.6 Å². The molecule has 1 rings (SSSR count). The number of nitrogens with two attached hydrogens (primary N) is 1. The molecule has 0 saturated carbocycles. The lowest BCUT2D eigenvalue weighted by Crippen LogP contribution is -2.19. The van der Waals surface area contributed by atoms with Gasteiger partial charge in [-0.05, 0) is 19.3 Å². The Labute approximate surface area is 103 Å².